The van der Waals surface area contributed by atoms with Gasteiger partial charge in [0.25, 0.3) is 5.56 Å². The highest BCUT2D eigenvalue weighted by Gasteiger charge is 2.29. The highest BCUT2D eigenvalue weighted by atomic mass is 16.6. The fourth-order valence-corrected chi connectivity index (χ4v) is 4.84. The Morgan fingerprint density at radius 1 is 0.872 bits per heavy atom. The molecule has 0 amide bonds. The Hall–Kier alpha value is -3.07. The molecule has 0 saturated carbocycles. The Bertz CT molecular complexity index is 1230. The van der Waals surface area contributed by atoms with Crippen LogP contribution in [0.5, 0.6) is 5.75 Å². The fraction of sp³-hybridized carbons (Fsp3) is 0.633. The van der Waals surface area contributed by atoms with Crippen LogP contribution in [0.15, 0.2) is 39.9 Å². The van der Waals surface area contributed by atoms with E-state index < -0.39 is 5.60 Å². The maximum absolute atomic E-state index is 13.2. The average Bonchev–Trinajstić information content (AvgIpc) is 2.82. The van der Waals surface area contributed by atoms with Crippen molar-refractivity contribution in [2.24, 2.45) is 5.92 Å². The molecule has 1 fully saturated rings. The number of ether oxygens (including phenoxy) is 2. The summed E-state index contributed by atoms with van der Waals surface area (Å²) in [5.74, 6) is 1.44. The van der Waals surface area contributed by atoms with Crippen molar-refractivity contribution >= 4 is 11.8 Å². The van der Waals surface area contributed by atoms with Gasteiger partial charge in [-0.1, -0.05) is 13.8 Å². The zero-order chi connectivity index (χ0) is 29.1. The minimum atomic E-state index is -0.551. The second-order valence-electron chi connectivity index (χ2n) is 12.3. The van der Waals surface area contributed by atoms with Crippen LogP contribution < -0.4 is 20.9 Å². The summed E-state index contributed by atoms with van der Waals surface area (Å²) in [6.07, 6.45) is 0.704. The van der Waals surface area contributed by atoms with E-state index in [-0.39, 0.29) is 35.5 Å². The zero-order valence-electron chi connectivity index (χ0n) is 25.1. The molecule has 2 aromatic rings. The minimum Gasteiger partial charge on any atom is -0.475 e. The summed E-state index contributed by atoms with van der Waals surface area (Å²) in [6, 6.07) is 8.42. The van der Waals surface area contributed by atoms with E-state index in [2.05, 4.69) is 23.6 Å². The number of nitrogens with zero attached hydrogens (tertiary/aromatic N) is 4. The van der Waals surface area contributed by atoms with Gasteiger partial charge < -0.3 is 14.4 Å². The molecule has 0 bridgehead atoms. The number of benzene rings is 1. The predicted octanol–water partition coefficient (Wildman–Crippen LogP) is 4.70. The van der Waals surface area contributed by atoms with Crippen LogP contribution in [-0.2, 0) is 4.74 Å². The molecule has 1 aliphatic rings. The number of hydrogen-bond donors (Lipinski definition) is 0. The number of carbonyl (C=O) groups excluding carboxylic acids is 1. The van der Waals surface area contributed by atoms with Crippen molar-refractivity contribution in [1.29, 1.82) is 0 Å². The van der Waals surface area contributed by atoms with Gasteiger partial charge in [-0.15, -0.1) is 0 Å². The number of carbonyl (C=O) groups is 1. The van der Waals surface area contributed by atoms with Crippen LogP contribution in [0.2, 0.25) is 0 Å². The van der Waals surface area contributed by atoms with Crippen molar-refractivity contribution < 1.29 is 14.3 Å². The molecule has 1 aliphatic heterocycles. The number of hydrogen-bond acceptors (Lipinski definition) is 7. The van der Waals surface area contributed by atoms with E-state index >= 15 is 0 Å². The van der Waals surface area contributed by atoms with Crippen LogP contribution in [0.1, 0.15) is 91.2 Å². The van der Waals surface area contributed by atoms with Gasteiger partial charge in [-0.05, 0) is 78.6 Å². The molecule has 9 nitrogen and oxygen atoms in total. The number of anilines is 1. The van der Waals surface area contributed by atoms with E-state index in [1.54, 1.807) is 22.8 Å². The predicted molar refractivity (Wildman–Crippen MR) is 155 cm³/mol. The minimum absolute atomic E-state index is 0.0724. The molecule has 2 heterocycles. The molecule has 0 spiro atoms. The van der Waals surface area contributed by atoms with Gasteiger partial charge in [0.2, 0.25) is 0 Å². The molecular weight excluding hydrogens is 496 g/mol. The van der Waals surface area contributed by atoms with Gasteiger partial charge >= 0.3 is 11.7 Å². The molecule has 9 heteroatoms. The van der Waals surface area contributed by atoms with Crippen LogP contribution in [-0.4, -0.2) is 58.0 Å². The third-order valence-corrected chi connectivity index (χ3v) is 6.66. The van der Waals surface area contributed by atoms with Crippen molar-refractivity contribution in [2.45, 2.75) is 92.6 Å². The number of aromatic nitrogens is 2. The van der Waals surface area contributed by atoms with Gasteiger partial charge in [0.1, 0.15) is 17.2 Å². The van der Waals surface area contributed by atoms with E-state index in [1.165, 1.54) is 4.57 Å². The van der Waals surface area contributed by atoms with E-state index in [1.807, 2.05) is 60.6 Å². The monoisotopic (exact) mass is 542 g/mol. The molecule has 0 N–H and O–H groups in total. The molecule has 1 unspecified atom stereocenters. The van der Waals surface area contributed by atoms with Crippen LogP contribution >= 0.6 is 0 Å². The quantitative estimate of drug-likeness (QED) is 0.425. The highest BCUT2D eigenvalue weighted by Crippen LogP contribution is 2.24. The number of piperazine rings is 1. The molecule has 1 saturated heterocycles. The molecule has 39 heavy (non-hydrogen) atoms. The highest BCUT2D eigenvalue weighted by molar-refractivity contribution is 5.89. The number of esters is 1. The first-order chi connectivity index (χ1) is 18.2. The first kappa shape index (κ1) is 30.5. The smallest absolute Gasteiger partial charge is 0.338 e. The van der Waals surface area contributed by atoms with Crippen LogP contribution in [0.3, 0.4) is 0 Å². The first-order valence-corrected chi connectivity index (χ1v) is 14.0. The Morgan fingerprint density at radius 3 is 1.92 bits per heavy atom. The molecule has 0 radical (unpaired) electrons. The van der Waals surface area contributed by atoms with Gasteiger partial charge in [0, 0.05) is 50.7 Å². The fourth-order valence-electron chi connectivity index (χ4n) is 4.84. The molecule has 1 atom stereocenters. The number of rotatable bonds is 9. The Morgan fingerprint density at radius 2 is 1.44 bits per heavy atom. The van der Waals surface area contributed by atoms with Gasteiger partial charge in [-0.3, -0.25) is 18.8 Å². The summed E-state index contributed by atoms with van der Waals surface area (Å²) >= 11 is 0. The summed E-state index contributed by atoms with van der Waals surface area (Å²) in [4.78, 5) is 42.8. The Kier molecular flexibility index (Phi) is 9.69. The Balaban J connectivity index is 1.75. The SMILES string of the molecule is CC(C)CC(Oc1ccc(C(=O)OC(C)(C)C)cc1)N1CCN(c2cc(=O)n(C(C)C)c(=O)n2C(C)C)CC1. The summed E-state index contributed by atoms with van der Waals surface area (Å²) in [5.41, 5.74) is -0.590. The Labute approximate surface area is 232 Å². The third kappa shape index (κ3) is 7.75. The van der Waals surface area contributed by atoms with E-state index in [0.29, 0.717) is 36.1 Å². The van der Waals surface area contributed by atoms with E-state index in [4.69, 9.17) is 9.47 Å². The van der Waals surface area contributed by atoms with Crippen LogP contribution in [0, 0.1) is 5.92 Å². The molecule has 0 aliphatic carbocycles. The second kappa shape index (κ2) is 12.4. The average molecular weight is 543 g/mol. The van der Waals surface area contributed by atoms with E-state index in [0.717, 1.165) is 19.5 Å². The largest absolute Gasteiger partial charge is 0.475 e. The van der Waals surface area contributed by atoms with Crippen molar-refractivity contribution in [3.8, 4) is 5.75 Å². The zero-order valence-corrected chi connectivity index (χ0v) is 25.1. The van der Waals surface area contributed by atoms with Crippen molar-refractivity contribution in [3.05, 3.63) is 56.7 Å². The molecule has 1 aromatic carbocycles. The first-order valence-electron chi connectivity index (χ1n) is 14.0. The van der Waals surface area contributed by atoms with Gasteiger partial charge in [0.05, 0.1) is 5.56 Å². The molecule has 216 valence electrons. The summed E-state index contributed by atoms with van der Waals surface area (Å²) in [7, 11) is 0. The van der Waals surface area contributed by atoms with Crippen molar-refractivity contribution in [3.63, 3.8) is 0 Å². The maximum atomic E-state index is 13.2. The lowest BCUT2D eigenvalue weighted by atomic mass is 10.1. The van der Waals surface area contributed by atoms with Gasteiger partial charge in [-0.2, -0.15) is 0 Å². The third-order valence-electron chi connectivity index (χ3n) is 6.66. The van der Waals surface area contributed by atoms with Crippen LogP contribution in [0.25, 0.3) is 0 Å². The lowest BCUT2D eigenvalue weighted by Crippen LogP contribution is -2.54. The van der Waals surface area contributed by atoms with Gasteiger partial charge in [-0.25, -0.2) is 9.59 Å². The topological polar surface area (TPSA) is 86.0 Å². The summed E-state index contributed by atoms with van der Waals surface area (Å²) < 4.78 is 14.9. The summed E-state index contributed by atoms with van der Waals surface area (Å²) in [5, 5.41) is 0. The van der Waals surface area contributed by atoms with Crippen molar-refractivity contribution in [2.75, 3.05) is 31.1 Å². The van der Waals surface area contributed by atoms with Gasteiger partial charge in [0.15, 0.2) is 6.23 Å². The normalized spacial score (nSPS) is 15.7. The van der Waals surface area contributed by atoms with Crippen molar-refractivity contribution in [1.82, 2.24) is 14.0 Å². The molecule has 1 aromatic heterocycles. The van der Waals surface area contributed by atoms with Crippen LogP contribution in [0.4, 0.5) is 5.82 Å². The lowest BCUT2D eigenvalue weighted by molar-refractivity contribution is 0.00585. The van der Waals surface area contributed by atoms with E-state index in [9.17, 15) is 14.4 Å². The molecule has 3 rings (SSSR count). The summed E-state index contributed by atoms with van der Waals surface area (Å²) in [6.45, 7) is 20.3. The molecular formula is C30H46N4O5. The standard InChI is InChI=1S/C30H46N4O5/c1-20(2)18-27(38-24-12-10-23(11-13-24)28(36)39-30(7,8)9)32-16-14-31(15-17-32)25-19-26(35)34(22(5)6)29(37)33(25)21(3)4/h10-13,19-22,27H,14-18H2,1-9H3. The maximum Gasteiger partial charge on any atom is 0.338 e. The second-order valence-corrected chi connectivity index (χ2v) is 12.3. The lowest BCUT2D eigenvalue weighted by Gasteiger charge is -2.41.